The number of phenols is 1. The van der Waals surface area contributed by atoms with Crippen molar-refractivity contribution in [2.24, 2.45) is 0 Å². The number of phenolic OH excluding ortho intramolecular Hbond substituents is 1. The van der Waals surface area contributed by atoms with E-state index >= 15 is 0 Å². The zero-order valence-corrected chi connectivity index (χ0v) is 20.6. The lowest BCUT2D eigenvalue weighted by molar-refractivity contribution is -0.150. The molecule has 1 aliphatic heterocycles. The highest BCUT2D eigenvalue weighted by Gasteiger charge is 2.67. The number of Topliss-reactive ketones (excluding diaryl/α,β-unsaturated/α-hetero) is 1. The number of carbonyl (C=O) groups excluding carboxylic acids is 3. The molecule has 3 N–H and O–H groups in total. The number of fused-ring (bicyclic) bond motifs is 4. The van der Waals surface area contributed by atoms with Crippen molar-refractivity contribution in [1.82, 2.24) is 0 Å². The number of cyclic esters (lactones) is 1. The fraction of sp³-hybridized carbons (Fsp3) is 0.250. The molecule has 0 amide bonds. The molecule has 1 aromatic heterocycles. The van der Waals surface area contributed by atoms with Gasteiger partial charge in [-0.05, 0) is 53.6 Å². The van der Waals surface area contributed by atoms with E-state index in [-0.39, 0.29) is 44.0 Å². The molecule has 1 spiro atoms. The molecule has 3 aromatic carbocycles. The maximum atomic E-state index is 14.4. The first kappa shape index (κ1) is 23.2. The lowest BCUT2D eigenvalue weighted by Crippen LogP contribution is -2.55. The van der Waals surface area contributed by atoms with Crippen molar-refractivity contribution in [3.05, 3.63) is 71.5 Å². The number of hydrogen-bond acceptors (Lipinski definition) is 11. The van der Waals surface area contributed by atoms with Gasteiger partial charge in [-0.15, -0.1) is 0 Å². The van der Waals surface area contributed by atoms with E-state index in [1.807, 2.05) is 0 Å². The maximum Gasteiger partial charge on any atom is 0.342 e. The zero-order chi connectivity index (χ0) is 27.9. The Morgan fingerprint density at radius 2 is 1.62 bits per heavy atom. The third-order valence-electron chi connectivity index (χ3n) is 8.30. The van der Waals surface area contributed by atoms with Crippen LogP contribution in [-0.4, -0.2) is 45.8 Å². The molecule has 196 valence electrons. The van der Waals surface area contributed by atoms with Gasteiger partial charge in [0.2, 0.25) is 0 Å². The molecule has 2 bridgehead atoms. The van der Waals surface area contributed by atoms with E-state index in [4.69, 9.17) is 13.9 Å². The molecule has 4 aromatic rings. The van der Waals surface area contributed by atoms with Gasteiger partial charge in [0, 0.05) is 23.4 Å². The molecule has 3 aliphatic rings. The van der Waals surface area contributed by atoms with Gasteiger partial charge < -0.3 is 29.2 Å². The fourth-order valence-corrected chi connectivity index (χ4v) is 7.10. The molecule has 7 rings (SSSR count). The number of esters is 2. The van der Waals surface area contributed by atoms with E-state index < -0.39 is 75.7 Å². The Hall–Kier alpha value is -4.93. The molecule has 11 heteroatoms. The van der Waals surface area contributed by atoms with Crippen LogP contribution < -0.4 is 10.9 Å². The van der Waals surface area contributed by atoms with E-state index in [1.165, 1.54) is 12.1 Å². The first-order valence-corrected chi connectivity index (χ1v) is 12.0. The van der Waals surface area contributed by atoms with Crippen molar-refractivity contribution in [3.8, 4) is 17.6 Å². The Bertz CT molecular complexity index is 2020. The topological polar surface area (TPSA) is 178 Å². The highest BCUT2D eigenvalue weighted by Crippen LogP contribution is 2.62. The van der Waals surface area contributed by atoms with E-state index in [0.29, 0.717) is 11.1 Å². The zero-order valence-electron chi connectivity index (χ0n) is 20.6. The van der Waals surface area contributed by atoms with Gasteiger partial charge in [-0.3, -0.25) is 19.2 Å². The Kier molecular flexibility index (Phi) is 4.12. The second kappa shape index (κ2) is 6.93. The number of rotatable bonds is 1. The highest BCUT2D eigenvalue weighted by molar-refractivity contribution is 6.20. The predicted molar refractivity (Wildman–Crippen MR) is 132 cm³/mol. The second-order valence-electron chi connectivity index (χ2n) is 10.3. The molecule has 2 aliphatic carbocycles. The van der Waals surface area contributed by atoms with Crippen molar-refractivity contribution in [2.45, 2.75) is 38.2 Å². The average Bonchev–Trinajstić information content (AvgIpc) is 3.04. The minimum atomic E-state index is -1.73. The molecular formula is C28H18O11. The van der Waals surface area contributed by atoms with Crippen LogP contribution in [0.4, 0.5) is 0 Å². The van der Waals surface area contributed by atoms with Gasteiger partial charge >= 0.3 is 11.9 Å². The number of hydrogen-bond donors (Lipinski definition) is 3. The standard InChI is InChI=1S/C28H18O11/c1-7-4-10(30)14-16-12(7)17-18-22(32)13-8(2)5-11(31)15-20(13)28(6-37-25(15)34,24(18)38-9(3)29)21(17)23(33)19(16)27(36)39-26(14)35/h4-5,18,24,31,35-36H,6H2,1-3H3. The maximum absolute atomic E-state index is 14.4. The van der Waals surface area contributed by atoms with Crippen molar-refractivity contribution in [3.63, 3.8) is 0 Å². The van der Waals surface area contributed by atoms with E-state index in [0.717, 1.165) is 6.92 Å². The monoisotopic (exact) mass is 530 g/mol. The summed E-state index contributed by atoms with van der Waals surface area (Å²) in [6.07, 6.45) is -1.36. The molecule has 39 heavy (non-hydrogen) atoms. The van der Waals surface area contributed by atoms with Gasteiger partial charge in [-0.1, -0.05) is 0 Å². The average molecular weight is 530 g/mol. The van der Waals surface area contributed by atoms with Crippen molar-refractivity contribution >= 4 is 39.3 Å². The van der Waals surface area contributed by atoms with Crippen molar-refractivity contribution in [2.75, 3.05) is 6.61 Å². The van der Waals surface area contributed by atoms with Crippen LogP contribution >= 0.6 is 0 Å². The highest BCUT2D eigenvalue weighted by atomic mass is 16.6. The van der Waals surface area contributed by atoms with Crippen LogP contribution in [0.5, 0.6) is 17.6 Å². The summed E-state index contributed by atoms with van der Waals surface area (Å²) >= 11 is 0. The van der Waals surface area contributed by atoms with Gasteiger partial charge in [0.1, 0.15) is 34.8 Å². The molecule has 2 heterocycles. The Labute approximate surface area is 217 Å². The molecule has 0 fully saturated rings. The summed E-state index contributed by atoms with van der Waals surface area (Å²) in [5.74, 6) is -5.86. The Morgan fingerprint density at radius 1 is 0.923 bits per heavy atom. The summed E-state index contributed by atoms with van der Waals surface area (Å²) in [5.41, 5.74) is -2.78. The number of carbonyl (C=O) groups is 3. The van der Waals surface area contributed by atoms with Gasteiger partial charge in [0.15, 0.2) is 16.6 Å². The first-order chi connectivity index (χ1) is 18.4. The SMILES string of the molecule is CC(=O)OC1C2C(=O)c3c(C)cc(O)c4c3C1(COC4=O)c1c2c2c(C)cc(=O)c3c(O)oc(O)c(c1=O)c23. The fourth-order valence-electron chi connectivity index (χ4n) is 7.10. The third-order valence-corrected chi connectivity index (χ3v) is 8.30. The molecule has 0 saturated carbocycles. The van der Waals surface area contributed by atoms with E-state index in [1.54, 1.807) is 13.8 Å². The van der Waals surface area contributed by atoms with Crippen LogP contribution in [0.2, 0.25) is 0 Å². The van der Waals surface area contributed by atoms with Crippen LogP contribution in [-0.2, 0) is 19.7 Å². The first-order valence-electron chi connectivity index (χ1n) is 12.0. The minimum Gasteiger partial charge on any atom is -0.507 e. The normalized spacial score (nSPS) is 22.6. The lowest BCUT2D eigenvalue weighted by Gasteiger charge is -2.44. The van der Waals surface area contributed by atoms with Crippen LogP contribution in [0.3, 0.4) is 0 Å². The van der Waals surface area contributed by atoms with Crippen molar-refractivity contribution in [1.29, 1.82) is 0 Å². The summed E-state index contributed by atoms with van der Waals surface area (Å²) in [6, 6.07) is 2.46. The van der Waals surface area contributed by atoms with Crippen LogP contribution in [0.1, 0.15) is 61.4 Å². The Morgan fingerprint density at radius 3 is 2.31 bits per heavy atom. The van der Waals surface area contributed by atoms with Gasteiger partial charge in [-0.25, -0.2) is 4.79 Å². The quantitative estimate of drug-likeness (QED) is 0.307. The van der Waals surface area contributed by atoms with Crippen LogP contribution in [0, 0.1) is 13.8 Å². The molecule has 0 saturated heterocycles. The van der Waals surface area contributed by atoms with Crippen molar-refractivity contribution < 1.29 is 43.6 Å². The third kappa shape index (κ3) is 2.41. The molecule has 0 radical (unpaired) electrons. The second-order valence-corrected chi connectivity index (χ2v) is 10.3. The lowest BCUT2D eigenvalue weighted by atomic mass is 9.63. The summed E-state index contributed by atoms with van der Waals surface area (Å²) in [7, 11) is 0. The summed E-state index contributed by atoms with van der Waals surface area (Å²) < 4.78 is 16.2. The molecular weight excluding hydrogens is 512 g/mol. The van der Waals surface area contributed by atoms with Gasteiger partial charge in [0.05, 0.1) is 11.3 Å². The van der Waals surface area contributed by atoms with Gasteiger partial charge in [-0.2, -0.15) is 0 Å². The summed E-state index contributed by atoms with van der Waals surface area (Å²) in [6.45, 7) is 3.77. The number of ketones is 1. The minimum absolute atomic E-state index is 0.00935. The van der Waals surface area contributed by atoms with Gasteiger partial charge in [0.25, 0.3) is 11.9 Å². The number of aromatic hydroxyl groups is 3. The van der Waals surface area contributed by atoms with Crippen LogP contribution in [0.15, 0.2) is 26.1 Å². The molecule has 11 nitrogen and oxygen atoms in total. The van der Waals surface area contributed by atoms with Crippen LogP contribution in [0.25, 0.3) is 21.5 Å². The summed E-state index contributed by atoms with van der Waals surface area (Å²) in [4.78, 5) is 66.9. The Balaban J connectivity index is 1.81. The number of benzene rings is 3. The molecule has 3 atom stereocenters. The van der Waals surface area contributed by atoms with E-state index in [2.05, 4.69) is 0 Å². The number of ether oxygens (including phenoxy) is 2. The molecule has 3 unspecified atom stereocenters. The van der Waals surface area contributed by atoms with E-state index in [9.17, 15) is 39.3 Å². The number of aryl methyl sites for hydroxylation is 2. The largest absolute Gasteiger partial charge is 0.507 e. The summed E-state index contributed by atoms with van der Waals surface area (Å²) in [5, 5.41) is 31.3. The predicted octanol–water partition coefficient (Wildman–Crippen LogP) is 2.16. The smallest absolute Gasteiger partial charge is 0.342 e.